The Hall–Kier alpha value is -3.67. The molecule has 0 aliphatic heterocycles. The number of carbonyl (C=O) groups excluding carboxylic acids is 1. The standard InChI is InChI=1S/C25H25NO5/c1-15(26-25(27)17-13-22(28-2)24(30-4)23(14-17)29-3)11-16-9-10-21-19(12-16)18-7-5-6-8-20(18)31-21/h5-10,12-15H,11H2,1-4H3,(H,26,27). The van der Waals surface area contributed by atoms with Gasteiger partial charge in [-0.25, -0.2) is 0 Å². The van der Waals surface area contributed by atoms with Crippen LogP contribution in [-0.2, 0) is 6.42 Å². The summed E-state index contributed by atoms with van der Waals surface area (Å²) in [5.41, 5.74) is 3.30. The lowest BCUT2D eigenvalue weighted by molar-refractivity contribution is 0.0939. The molecule has 1 heterocycles. The van der Waals surface area contributed by atoms with Gasteiger partial charge in [0.05, 0.1) is 21.3 Å². The highest BCUT2D eigenvalue weighted by Gasteiger charge is 2.18. The topological polar surface area (TPSA) is 69.9 Å². The molecular formula is C25H25NO5. The van der Waals surface area contributed by atoms with Gasteiger partial charge in [-0.15, -0.1) is 0 Å². The molecule has 6 nitrogen and oxygen atoms in total. The summed E-state index contributed by atoms with van der Waals surface area (Å²) in [5, 5.41) is 5.22. The smallest absolute Gasteiger partial charge is 0.251 e. The molecule has 4 aromatic rings. The summed E-state index contributed by atoms with van der Waals surface area (Å²) in [6, 6.07) is 17.4. The van der Waals surface area contributed by atoms with Crippen molar-refractivity contribution in [2.24, 2.45) is 0 Å². The normalized spacial score (nSPS) is 12.0. The van der Waals surface area contributed by atoms with E-state index in [2.05, 4.69) is 17.4 Å². The fourth-order valence-electron chi connectivity index (χ4n) is 3.82. The molecule has 0 saturated carbocycles. The Labute approximate surface area is 180 Å². The molecule has 1 N–H and O–H groups in total. The quantitative estimate of drug-likeness (QED) is 0.458. The van der Waals surface area contributed by atoms with E-state index in [0.717, 1.165) is 27.5 Å². The van der Waals surface area contributed by atoms with Crippen molar-refractivity contribution >= 4 is 27.8 Å². The predicted octanol–water partition coefficient (Wildman–Crippen LogP) is 4.97. The molecule has 0 radical (unpaired) electrons. The van der Waals surface area contributed by atoms with Gasteiger partial charge in [-0.2, -0.15) is 0 Å². The van der Waals surface area contributed by atoms with Crippen LogP contribution in [0.5, 0.6) is 17.2 Å². The van der Waals surface area contributed by atoms with Gasteiger partial charge < -0.3 is 23.9 Å². The average molecular weight is 419 g/mol. The number of nitrogens with one attached hydrogen (secondary N) is 1. The molecule has 1 atom stereocenters. The van der Waals surface area contributed by atoms with Crippen molar-refractivity contribution in [1.29, 1.82) is 0 Å². The lowest BCUT2D eigenvalue weighted by Gasteiger charge is -2.17. The number of rotatable bonds is 7. The summed E-state index contributed by atoms with van der Waals surface area (Å²) in [7, 11) is 4.58. The summed E-state index contributed by atoms with van der Waals surface area (Å²) in [6.45, 7) is 1.98. The van der Waals surface area contributed by atoms with E-state index in [4.69, 9.17) is 18.6 Å². The highest BCUT2D eigenvalue weighted by molar-refractivity contribution is 6.05. The Morgan fingerprint density at radius 2 is 1.58 bits per heavy atom. The van der Waals surface area contributed by atoms with Crippen LogP contribution in [0.15, 0.2) is 59.0 Å². The van der Waals surface area contributed by atoms with Crippen molar-refractivity contribution in [2.45, 2.75) is 19.4 Å². The molecular weight excluding hydrogens is 394 g/mol. The first-order valence-corrected chi connectivity index (χ1v) is 10.0. The molecule has 31 heavy (non-hydrogen) atoms. The summed E-state index contributed by atoms with van der Waals surface area (Å²) in [5.74, 6) is 1.13. The second-order valence-corrected chi connectivity index (χ2v) is 7.42. The SMILES string of the molecule is COc1cc(C(=O)NC(C)Cc2ccc3oc4ccccc4c3c2)cc(OC)c1OC. The van der Waals surface area contributed by atoms with Crippen molar-refractivity contribution < 1.29 is 23.4 Å². The van der Waals surface area contributed by atoms with E-state index in [-0.39, 0.29) is 11.9 Å². The van der Waals surface area contributed by atoms with Gasteiger partial charge in [-0.05, 0) is 49.2 Å². The Morgan fingerprint density at radius 3 is 2.26 bits per heavy atom. The number of benzene rings is 3. The first-order chi connectivity index (χ1) is 15.0. The van der Waals surface area contributed by atoms with Crippen LogP contribution in [-0.4, -0.2) is 33.3 Å². The van der Waals surface area contributed by atoms with E-state index >= 15 is 0 Å². The zero-order valence-electron chi connectivity index (χ0n) is 18.0. The van der Waals surface area contributed by atoms with E-state index < -0.39 is 0 Å². The zero-order valence-corrected chi connectivity index (χ0v) is 18.0. The maximum atomic E-state index is 12.8. The first-order valence-electron chi connectivity index (χ1n) is 10.0. The van der Waals surface area contributed by atoms with Crippen LogP contribution in [0.2, 0.25) is 0 Å². The minimum atomic E-state index is -0.207. The fourth-order valence-corrected chi connectivity index (χ4v) is 3.82. The highest BCUT2D eigenvalue weighted by Crippen LogP contribution is 2.38. The largest absolute Gasteiger partial charge is 0.493 e. The van der Waals surface area contributed by atoms with Crippen molar-refractivity contribution in [3.63, 3.8) is 0 Å². The summed E-state index contributed by atoms with van der Waals surface area (Å²) < 4.78 is 21.9. The first kappa shape index (κ1) is 20.6. The number of fused-ring (bicyclic) bond motifs is 3. The molecule has 0 aliphatic carbocycles. The number of ether oxygens (including phenoxy) is 3. The number of hydrogen-bond donors (Lipinski definition) is 1. The number of amides is 1. The van der Waals surface area contributed by atoms with Gasteiger partial charge in [0, 0.05) is 22.4 Å². The molecule has 160 valence electrons. The fraction of sp³-hybridized carbons (Fsp3) is 0.240. The lowest BCUT2D eigenvalue weighted by Crippen LogP contribution is -2.34. The second-order valence-electron chi connectivity index (χ2n) is 7.42. The molecule has 0 aliphatic rings. The van der Waals surface area contributed by atoms with Gasteiger partial charge in [-0.3, -0.25) is 4.79 Å². The highest BCUT2D eigenvalue weighted by atomic mass is 16.5. The number of carbonyl (C=O) groups is 1. The van der Waals surface area contributed by atoms with Crippen LogP contribution in [0.25, 0.3) is 21.9 Å². The maximum Gasteiger partial charge on any atom is 0.251 e. The Bertz CT molecular complexity index is 1220. The van der Waals surface area contributed by atoms with Crippen LogP contribution < -0.4 is 19.5 Å². The molecule has 1 aromatic heterocycles. The maximum absolute atomic E-state index is 12.8. The number of methoxy groups -OCH3 is 3. The van der Waals surface area contributed by atoms with Gasteiger partial charge in [0.2, 0.25) is 5.75 Å². The van der Waals surface area contributed by atoms with Crippen molar-refractivity contribution in [2.75, 3.05) is 21.3 Å². The second kappa shape index (κ2) is 8.60. The average Bonchev–Trinajstić information content (AvgIpc) is 3.15. The molecule has 3 aromatic carbocycles. The Kier molecular flexibility index (Phi) is 5.71. The minimum absolute atomic E-state index is 0.0813. The predicted molar refractivity (Wildman–Crippen MR) is 120 cm³/mol. The third kappa shape index (κ3) is 4.01. The third-order valence-corrected chi connectivity index (χ3v) is 5.29. The molecule has 4 rings (SSSR count). The van der Waals surface area contributed by atoms with Gasteiger partial charge in [0.15, 0.2) is 11.5 Å². The number of furan rings is 1. The minimum Gasteiger partial charge on any atom is -0.493 e. The van der Waals surface area contributed by atoms with E-state index in [9.17, 15) is 4.79 Å². The van der Waals surface area contributed by atoms with Crippen LogP contribution in [0, 0.1) is 0 Å². The third-order valence-electron chi connectivity index (χ3n) is 5.29. The molecule has 1 amide bonds. The van der Waals surface area contributed by atoms with Gasteiger partial charge >= 0.3 is 0 Å². The van der Waals surface area contributed by atoms with Crippen LogP contribution in [0.3, 0.4) is 0 Å². The summed E-state index contributed by atoms with van der Waals surface area (Å²) in [4.78, 5) is 12.8. The summed E-state index contributed by atoms with van der Waals surface area (Å²) in [6.07, 6.45) is 0.686. The molecule has 0 bridgehead atoms. The molecule has 0 saturated heterocycles. The van der Waals surface area contributed by atoms with E-state index in [0.29, 0.717) is 29.2 Å². The molecule has 0 fully saturated rings. The van der Waals surface area contributed by atoms with Gasteiger partial charge in [-0.1, -0.05) is 24.3 Å². The monoisotopic (exact) mass is 419 g/mol. The Balaban J connectivity index is 1.53. The van der Waals surface area contributed by atoms with E-state index in [1.165, 1.54) is 21.3 Å². The van der Waals surface area contributed by atoms with Crippen LogP contribution in [0.1, 0.15) is 22.8 Å². The van der Waals surface area contributed by atoms with Crippen LogP contribution in [0.4, 0.5) is 0 Å². The number of hydrogen-bond acceptors (Lipinski definition) is 5. The number of para-hydroxylation sites is 1. The van der Waals surface area contributed by atoms with Crippen LogP contribution >= 0.6 is 0 Å². The molecule has 1 unspecified atom stereocenters. The Morgan fingerprint density at radius 1 is 0.903 bits per heavy atom. The summed E-state index contributed by atoms with van der Waals surface area (Å²) >= 11 is 0. The van der Waals surface area contributed by atoms with E-state index in [1.54, 1.807) is 12.1 Å². The zero-order chi connectivity index (χ0) is 22.0. The van der Waals surface area contributed by atoms with E-state index in [1.807, 2.05) is 37.3 Å². The molecule has 6 heteroatoms. The van der Waals surface area contributed by atoms with Crippen molar-refractivity contribution in [3.8, 4) is 17.2 Å². The van der Waals surface area contributed by atoms with Crippen molar-refractivity contribution in [1.82, 2.24) is 5.32 Å². The lowest BCUT2D eigenvalue weighted by atomic mass is 10.0. The molecule has 0 spiro atoms. The van der Waals surface area contributed by atoms with Gasteiger partial charge in [0.1, 0.15) is 11.2 Å². The van der Waals surface area contributed by atoms with Gasteiger partial charge in [0.25, 0.3) is 5.91 Å². The van der Waals surface area contributed by atoms with Crippen molar-refractivity contribution in [3.05, 3.63) is 65.7 Å².